The van der Waals surface area contributed by atoms with Crippen molar-refractivity contribution in [3.8, 4) is 0 Å². The number of likely N-dealkylation sites (N-methyl/N-ethyl adjacent to an activating group) is 1. The molecule has 0 radical (unpaired) electrons. The van der Waals surface area contributed by atoms with E-state index in [0.29, 0.717) is 19.8 Å². The van der Waals surface area contributed by atoms with Crippen LogP contribution in [-0.2, 0) is 22.6 Å². The van der Waals surface area contributed by atoms with E-state index in [1.807, 2.05) is 42.5 Å². The Morgan fingerprint density at radius 2 is 1.82 bits per heavy atom. The van der Waals surface area contributed by atoms with Crippen LogP contribution in [0.1, 0.15) is 11.1 Å². The third-order valence-electron chi connectivity index (χ3n) is 3.19. The summed E-state index contributed by atoms with van der Waals surface area (Å²) in [5, 5.41) is 5.67. The van der Waals surface area contributed by atoms with Crippen LogP contribution in [0.5, 0.6) is 0 Å². The topological polar surface area (TPSA) is 50.4 Å². The summed E-state index contributed by atoms with van der Waals surface area (Å²) in [6.45, 7) is 1.53. The van der Waals surface area contributed by atoms with E-state index in [4.69, 9.17) is 4.74 Å². The minimum atomic E-state index is -0.0513. The number of ether oxygens (including phenoxy) is 1. The van der Waals surface area contributed by atoms with E-state index < -0.39 is 0 Å². The third-order valence-corrected chi connectivity index (χ3v) is 3.19. The molecule has 2 N–H and O–H groups in total. The van der Waals surface area contributed by atoms with Crippen LogP contribution in [0.25, 0.3) is 0 Å². The molecule has 2 rings (SSSR count). The number of benzene rings is 2. The van der Waals surface area contributed by atoms with Gasteiger partial charge in [0.2, 0.25) is 5.91 Å². The van der Waals surface area contributed by atoms with Gasteiger partial charge in [-0.3, -0.25) is 4.79 Å². The summed E-state index contributed by atoms with van der Waals surface area (Å²) >= 11 is 0. The summed E-state index contributed by atoms with van der Waals surface area (Å²) < 4.78 is 5.71. The van der Waals surface area contributed by atoms with Crippen LogP contribution < -0.4 is 10.6 Å². The molecule has 116 valence electrons. The van der Waals surface area contributed by atoms with Crippen LogP contribution in [0.3, 0.4) is 0 Å². The lowest BCUT2D eigenvalue weighted by atomic mass is 10.2. The van der Waals surface area contributed by atoms with Crippen molar-refractivity contribution in [2.24, 2.45) is 0 Å². The van der Waals surface area contributed by atoms with Gasteiger partial charge in [0.1, 0.15) is 0 Å². The van der Waals surface area contributed by atoms with E-state index >= 15 is 0 Å². The predicted molar refractivity (Wildman–Crippen MR) is 88.8 cm³/mol. The average molecular weight is 298 g/mol. The number of hydrogen-bond donors (Lipinski definition) is 2. The Kier molecular flexibility index (Phi) is 6.61. The van der Waals surface area contributed by atoms with Crippen molar-refractivity contribution >= 4 is 11.6 Å². The van der Waals surface area contributed by atoms with Crippen LogP contribution in [0.15, 0.2) is 54.6 Å². The Morgan fingerprint density at radius 3 is 2.59 bits per heavy atom. The molecule has 0 atom stereocenters. The predicted octanol–water partition coefficient (Wildman–Crippen LogP) is 2.60. The molecule has 0 aliphatic heterocycles. The second-order valence-electron chi connectivity index (χ2n) is 5.07. The molecule has 0 saturated carbocycles. The van der Waals surface area contributed by atoms with Crippen molar-refractivity contribution in [1.82, 2.24) is 5.32 Å². The van der Waals surface area contributed by atoms with Crippen LogP contribution in [0.4, 0.5) is 5.69 Å². The lowest BCUT2D eigenvalue weighted by Gasteiger charge is -2.08. The van der Waals surface area contributed by atoms with Gasteiger partial charge in [-0.15, -0.1) is 0 Å². The third kappa shape index (κ3) is 5.68. The van der Waals surface area contributed by atoms with Gasteiger partial charge in [-0.25, -0.2) is 0 Å². The Morgan fingerprint density at radius 1 is 1.05 bits per heavy atom. The normalized spacial score (nSPS) is 10.4. The second kappa shape index (κ2) is 8.97. The summed E-state index contributed by atoms with van der Waals surface area (Å²) in [5.74, 6) is -0.0513. The maximum atomic E-state index is 11.5. The van der Waals surface area contributed by atoms with E-state index in [9.17, 15) is 4.79 Å². The minimum Gasteiger partial charge on any atom is -0.376 e. The Labute approximate surface area is 131 Å². The lowest BCUT2D eigenvalue weighted by Crippen LogP contribution is -2.25. The van der Waals surface area contributed by atoms with Gasteiger partial charge in [0, 0.05) is 5.69 Å². The van der Waals surface area contributed by atoms with Crippen molar-refractivity contribution in [3.05, 3.63) is 65.7 Å². The zero-order valence-electron chi connectivity index (χ0n) is 12.8. The fraction of sp³-hybridized carbons (Fsp3) is 0.278. The molecule has 0 saturated heterocycles. The monoisotopic (exact) mass is 298 g/mol. The number of rotatable bonds is 8. The minimum absolute atomic E-state index is 0.0513. The highest BCUT2D eigenvalue weighted by atomic mass is 16.5. The van der Waals surface area contributed by atoms with E-state index in [0.717, 1.165) is 17.7 Å². The summed E-state index contributed by atoms with van der Waals surface area (Å²) in [5.41, 5.74) is 3.12. The highest BCUT2D eigenvalue weighted by molar-refractivity contribution is 5.92. The van der Waals surface area contributed by atoms with Crippen molar-refractivity contribution in [3.63, 3.8) is 0 Å². The SMILES string of the molecule is CNCC(=O)Nc1cccc(COCCc2ccccc2)c1. The zero-order chi connectivity index (χ0) is 15.6. The quantitative estimate of drug-likeness (QED) is 0.737. The standard InChI is InChI=1S/C18H22N2O2/c1-19-13-18(21)20-17-9-5-8-16(12-17)14-22-11-10-15-6-3-2-4-7-15/h2-9,12,19H,10-11,13-14H2,1H3,(H,20,21). The van der Waals surface area contributed by atoms with Gasteiger partial charge < -0.3 is 15.4 Å². The molecule has 2 aromatic carbocycles. The van der Waals surface area contributed by atoms with Crippen molar-refractivity contribution in [1.29, 1.82) is 0 Å². The van der Waals surface area contributed by atoms with Gasteiger partial charge in [-0.2, -0.15) is 0 Å². The summed E-state index contributed by atoms with van der Waals surface area (Å²) in [4.78, 5) is 11.5. The fourth-order valence-electron chi connectivity index (χ4n) is 2.13. The molecule has 2 aromatic rings. The fourth-order valence-corrected chi connectivity index (χ4v) is 2.13. The summed E-state index contributed by atoms with van der Waals surface area (Å²) in [7, 11) is 1.75. The van der Waals surface area contributed by atoms with Gasteiger partial charge in [-0.1, -0.05) is 42.5 Å². The summed E-state index contributed by atoms with van der Waals surface area (Å²) in [6, 6.07) is 18.0. The largest absolute Gasteiger partial charge is 0.376 e. The van der Waals surface area contributed by atoms with E-state index in [1.165, 1.54) is 5.56 Å². The molecule has 4 heteroatoms. The Balaban J connectivity index is 1.77. The van der Waals surface area contributed by atoms with Gasteiger partial charge >= 0.3 is 0 Å². The van der Waals surface area contributed by atoms with Crippen LogP contribution in [0, 0.1) is 0 Å². The van der Waals surface area contributed by atoms with Gasteiger partial charge in [0.15, 0.2) is 0 Å². The molecule has 0 heterocycles. The number of amides is 1. The molecule has 0 aromatic heterocycles. The van der Waals surface area contributed by atoms with Crippen molar-refractivity contribution in [2.75, 3.05) is 25.5 Å². The summed E-state index contributed by atoms with van der Waals surface area (Å²) in [6.07, 6.45) is 0.902. The molecule has 0 bridgehead atoms. The first-order valence-electron chi connectivity index (χ1n) is 7.43. The first kappa shape index (κ1) is 16.2. The molecular weight excluding hydrogens is 276 g/mol. The smallest absolute Gasteiger partial charge is 0.238 e. The maximum Gasteiger partial charge on any atom is 0.238 e. The Bertz CT molecular complexity index is 585. The van der Waals surface area contributed by atoms with E-state index in [2.05, 4.69) is 22.8 Å². The van der Waals surface area contributed by atoms with E-state index in [1.54, 1.807) is 7.05 Å². The molecule has 1 amide bonds. The van der Waals surface area contributed by atoms with Crippen LogP contribution >= 0.6 is 0 Å². The molecule has 0 spiro atoms. The maximum absolute atomic E-state index is 11.5. The molecule has 0 aliphatic rings. The molecule has 0 unspecified atom stereocenters. The number of hydrogen-bond acceptors (Lipinski definition) is 3. The van der Waals surface area contributed by atoms with Gasteiger partial charge in [0.05, 0.1) is 19.8 Å². The average Bonchev–Trinajstić information content (AvgIpc) is 2.53. The molecular formula is C18H22N2O2. The van der Waals surface area contributed by atoms with Crippen LogP contribution in [0.2, 0.25) is 0 Å². The number of nitrogens with one attached hydrogen (secondary N) is 2. The number of carbonyl (C=O) groups is 1. The van der Waals surface area contributed by atoms with Gasteiger partial charge in [-0.05, 0) is 36.7 Å². The highest BCUT2D eigenvalue weighted by Crippen LogP contribution is 2.11. The number of carbonyl (C=O) groups excluding carboxylic acids is 1. The molecule has 4 nitrogen and oxygen atoms in total. The second-order valence-corrected chi connectivity index (χ2v) is 5.07. The molecule has 22 heavy (non-hydrogen) atoms. The van der Waals surface area contributed by atoms with Crippen molar-refractivity contribution < 1.29 is 9.53 Å². The first-order chi connectivity index (χ1) is 10.8. The van der Waals surface area contributed by atoms with Crippen molar-refractivity contribution in [2.45, 2.75) is 13.0 Å². The highest BCUT2D eigenvalue weighted by Gasteiger charge is 2.01. The van der Waals surface area contributed by atoms with E-state index in [-0.39, 0.29) is 5.91 Å². The van der Waals surface area contributed by atoms with Gasteiger partial charge in [0.25, 0.3) is 0 Å². The number of anilines is 1. The first-order valence-corrected chi connectivity index (χ1v) is 7.43. The molecule has 0 fully saturated rings. The molecule has 0 aliphatic carbocycles. The lowest BCUT2D eigenvalue weighted by molar-refractivity contribution is -0.115. The Hall–Kier alpha value is -2.17. The zero-order valence-corrected chi connectivity index (χ0v) is 12.8. The van der Waals surface area contributed by atoms with Crippen LogP contribution in [-0.4, -0.2) is 26.1 Å².